The van der Waals surface area contributed by atoms with Gasteiger partial charge in [0.15, 0.2) is 0 Å². The molecular formula is C31H48FN5O3. The van der Waals surface area contributed by atoms with E-state index in [1.54, 1.807) is 17.0 Å². The zero-order chi connectivity index (χ0) is 28.9. The van der Waals surface area contributed by atoms with Gasteiger partial charge in [-0.25, -0.2) is 9.18 Å². The van der Waals surface area contributed by atoms with Gasteiger partial charge in [0.05, 0.1) is 5.41 Å². The van der Waals surface area contributed by atoms with Gasteiger partial charge in [-0.15, -0.1) is 0 Å². The summed E-state index contributed by atoms with van der Waals surface area (Å²) in [6, 6.07) is 5.24. The van der Waals surface area contributed by atoms with Crippen LogP contribution in [0, 0.1) is 17.2 Å². The van der Waals surface area contributed by atoms with Gasteiger partial charge < -0.3 is 25.8 Å². The number of benzene rings is 1. The molecule has 0 spiro atoms. The molecule has 0 radical (unpaired) electrons. The molecule has 3 fully saturated rings. The second kappa shape index (κ2) is 12.9. The van der Waals surface area contributed by atoms with Crippen molar-refractivity contribution in [3.63, 3.8) is 0 Å². The molecule has 2 saturated heterocycles. The zero-order valence-corrected chi connectivity index (χ0v) is 24.7. The molecule has 2 aliphatic heterocycles. The van der Waals surface area contributed by atoms with Crippen molar-refractivity contribution in [3.8, 4) is 0 Å². The Morgan fingerprint density at radius 2 is 1.68 bits per heavy atom. The number of piperazine rings is 1. The van der Waals surface area contributed by atoms with Gasteiger partial charge in [-0.2, -0.15) is 0 Å². The van der Waals surface area contributed by atoms with Crippen molar-refractivity contribution >= 4 is 17.8 Å². The molecule has 8 nitrogen and oxygen atoms in total. The highest BCUT2D eigenvalue weighted by atomic mass is 19.1. The van der Waals surface area contributed by atoms with E-state index in [1.165, 1.54) is 18.6 Å². The first kappa shape index (κ1) is 30.3. The van der Waals surface area contributed by atoms with Crippen LogP contribution in [0.2, 0.25) is 0 Å². The Labute approximate surface area is 238 Å². The van der Waals surface area contributed by atoms with Crippen LogP contribution < -0.4 is 16.0 Å². The Morgan fingerprint density at radius 1 is 1.02 bits per heavy atom. The molecule has 1 saturated carbocycles. The number of carbonyl (C=O) groups is 3. The number of carbonyl (C=O) groups excluding carboxylic acids is 3. The van der Waals surface area contributed by atoms with Crippen LogP contribution in [0.1, 0.15) is 78.2 Å². The lowest BCUT2D eigenvalue weighted by Gasteiger charge is -2.48. The lowest BCUT2D eigenvalue weighted by atomic mass is 9.63. The topological polar surface area (TPSA) is 93.8 Å². The molecule has 3 N–H and O–H groups in total. The predicted octanol–water partition coefficient (Wildman–Crippen LogP) is 3.84. The van der Waals surface area contributed by atoms with Crippen LogP contribution in [0.3, 0.4) is 0 Å². The molecule has 40 heavy (non-hydrogen) atoms. The van der Waals surface area contributed by atoms with Crippen LogP contribution in [0.15, 0.2) is 24.3 Å². The maximum atomic E-state index is 13.9. The molecule has 1 aromatic rings. The third-order valence-electron chi connectivity index (χ3n) is 8.90. The molecule has 222 valence electrons. The van der Waals surface area contributed by atoms with E-state index >= 15 is 0 Å². The van der Waals surface area contributed by atoms with E-state index in [9.17, 15) is 18.8 Å². The van der Waals surface area contributed by atoms with Crippen LogP contribution in [0.4, 0.5) is 9.18 Å². The van der Waals surface area contributed by atoms with Gasteiger partial charge >= 0.3 is 6.03 Å². The Balaban J connectivity index is 1.50. The lowest BCUT2D eigenvalue weighted by molar-refractivity contribution is -0.147. The number of amides is 4. The van der Waals surface area contributed by atoms with Gasteiger partial charge in [0.1, 0.15) is 11.9 Å². The number of piperidine rings is 1. The van der Waals surface area contributed by atoms with Gasteiger partial charge in [-0.05, 0) is 77.0 Å². The van der Waals surface area contributed by atoms with Crippen LogP contribution in [0.5, 0.6) is 0 Å². The van der Waals surface area contributed by atoms with Gasteiger partial charge in [0, 0.05) is 50.7 Å². The van der Waals surface area contributed by atoms with Crippen molar-refractivity contribution in [2.45, 2.75) is 96.7 Å². The van der Waals surface area contributed by atoms with E-state index in [4.69, 9.17) is 0 Å². The lowest BCUT2D eigenvalue weighted by Crippen LogP contribution is -2.60. The predicted molar refractivity (Wildman–Crippen MR) is 154 cm³/mol. The van der Waals surface area contributed by atoms with E-state index in [2.05, 4.69) is 16.0 Å². The van der Waals surface area contributed by atoms with E-state index in [1.807, 2.05) is 32.6 Å². The second-order valence-corrected chi connectivity index (χ2v) is 13.2. The number of hydrogen-bond donors (Lipinski definition) is 3. The van der Waals surface area contributed by atoms with E-state index in [0.717, 1.165) is 31.2 Å². The molecule has 0 unspecified atom stereocenters. The fraction of sp³-hybridized carbons (Fsp3) is 0.710. The Morgan fingerprint density at radius 3 is 2.27 bits per heavy atom. The first-order valence-electron chi connectivity index (χ1n) is 15.1. The van der Waals surface area contributed by atoms with Crippen molar-refractivity contribution in [2.75, 3.05) is 32.7 Å². The van der Waals surface area contributed by atoms with E-state index < -0.39 is 11.5 Å². The SMILES string of the molecule is C[C@H]1CN(C(=O)N[C@H](Cc2ccc(F)cc2)C(=O)N2CCC(C(=O)NC(C)(C)C)(C3CCCCC3)CC2)CCN1. The van der Waals surface area contributed by atoms with Crippen molar-refractivity contribution in [2.24, 2.45) is 11.3 Å². The van der Waals surface area contributed by atoms with Crippen LogP contribution in [-0.4, -0.2) is 78.0 Å². The van der Waals surface area contributed by atoms with E-state index in [-0.39, 0.29) is 41.7 Å². The number of hydrogen-bond acceptors (Lipinski definition) is 4. The number of likely N-dealkylation sites (tertiary alicyclic amines) is 1. The third-order valence-corrected chi connectivity index (χ3v) is 8.90. The van der Waals surface area contributed by atoms with Crippen LogP contribution in [-0.2, 0) is 16.0 Å². The monoisotopic (exact) mass is 557 g/mol. The Bertz CT molecular complexity index is 1030. The molecule has 2 heterocycles. The smallest absolute Gasteiger partial charge is 0.318 e. The summed E-state index contributed by atoms with van der Waals surface area (Å²) in [6.45, 7) is 10.9. The summed E-state index contributed by atoms with van der Waals surface area (Å²) in [5.74, 6) is -0.0447. The van der Waals surface area contributed by atoms with Gasteiger partial charge in [-0.3, -0.25) is 9.59 Å². The molecule has 2 atom stereocenters. The summed E-state index contributed by atoms with van der Waals surface area (Å²) in [7, 11) is 0. The summed E-state index contributed by atoms with van der Waals surface area (Å²) in [4.78, 5) is 44.5. The summed E-state index contributed by atoms with van der Waals surface area (Å²) in [6.07, 6.45) is 7.14. The fourth-order valence-corrected chi connectivity index (χ4v) is 6.70. The van der Waals surface area contributed by atoms with Gasteiger partial charge in [-0.1, -0.05) is 31.4 Å². The van der Waals surface area contributed by atoms with Gasteiger partial charge in [0.2, 0.25) is 11.8 Å². The van der Waals surface area contributed by atoms with Crippen molar-refractivity contribution in [1.82, 2.24) is 25.8 Å². The Kier molecular flexibility index (Phi) is 9.75. The highest BCUT2D eigenvalue weighted by molar-refractivity contribution is 5.88. The molecule has 9 heteroatoms. The molecule has 4 amide bonds. The van der Waals surface area contributed by atoms with Crippen molar-refractivity contribution in [3.05, 3.63) is 35.6 Å². The quantitative estimate of drug-likeness (QED) is 0.496. The summed E-state index contributed by atoms with van der Waals surface area (Å²) in [5.41, 5.74) is -0.0127. The molecule has 0 aromatic heterocycles. The first-order valence-corrected chi connectivity index (χ1v) is 15.1. The van der Waals surface area contributed by atoms with Gasteiger partial charge in [0.25, 0.3) is 0 Å². The maximum absolute atomic E-state index is 13.9. The number of nitrogens with zero attached hydrogens (tertiary/aromatic N) is 2. The average molecular weight is 558 g/mol. The van der Waals surface area contributed by atoms with Crippen molar-refractivity contribution < 1.29 is 18.8 Å². The second-order valence-electron chi connectivity index (χ2n) is 13.2. The highest BCUT2D eigenvalue weighted by Gasteiger charge is 2.49. The fourth-order valence-electron chi connectivity index (χ4n) is 6.70. The molecule has 4 rings (SSSR count). The molecule has 1 aromatic carbocycles. The standard InChI is InChI=1S/C31H48FN5O3/c1-22-21-37(19-16-33-22)29(40)34-26(20-23-10-12-25(32)13-11-23)27(38)36-17-14-31(15-18-36,24-8-6-5-7-9-24)28(39)35-30(2,3)4/h10-13,22,24,26,33H,5-9,14-21H2,1-4H3,(H,34,40)(H,35,39)/t22-,26+/m0/s1. The minimum atomic E-state index is -0.770. The summed E-state index contributed by atoms with van der Waals surface area (Å²) in [5, 5.41) is 9.59. The minimum Gasteiger partial charge on any atom is -0.351 e. The minimum absolute atomic E-state index is 0.114. The van der Waals surface area contributed by atoms with Crippen molar-refractivity contribution in [1.29, 1.82) is 0 Å². The summed E-state index contributed by atoms with van der Waals surface area (Å²) < 4.78 is 13.6. The molecule has 1 aliphatic carbocycles. The normalized spacial score (nSPS) is 22.9. The zero-order valence-electron chi connectivity index (χ0n) is 24.7. The van der Waals surface area contributed by atoms with E-state index in [0.29, 0.717) is 51.5 Å². The maximum Gasteiger partial charge on any atom is 0.318 e. The largest absolute Gasteiger partial charge is 0.351 e. The molecular weight excluding hydrogens is 509 g/mol. The number of urea groups is 1. The summed E-state index contributed by atoms with van der Waals surface area (Å²) >= 11 is 0. The number of nitrogens with one attached hydrogen (secondary N) is 3. The third kappa shape index (κ3) is 7.53. The highest BCUT2D eigenvalue weighted by Crippen LogP contribution is 2.46. The van der Waals surface area contributed by atoms with Crippen LogP contribution in [0.25, 0.3) is 0 Å². The first-order chi connectivity index (χ1) is 19.0. The molecule has 0 bridgehead atoms. The van der Waals surface area contributed by atoms with Crippen LogP contribution >= 0.6 is 0 Å². The number of rotatable bonds is 6. The Hall–Kier alpha value is -2.68. The average Bonchev–Trinajstić information content (AvgIpc) is 2.93. The molecule has 3 aliphatic rings. The number of halogens is 1.